The summed E-state index contributed by atoms with van der Waals surface area (Å²) in [6.45, 7) is 5.87. The lowest BCUT2D eigenvalue weighted by Gasteiger charge is -2.25. The van der Waals surface area contributed by atoms with Crippen LogP contribution in [0.4, 0.5) is 0 Å². The summed E-state index contributed by atoms with van der Waals surface area (Å²) in [6.07, 6.45) is 1.38. The van der Waals surface area contributed by atoms with Gasteiger partial charge < -0.3 is 10.4 Å². The highest BCUT2D eigenvalue weighted by molar-refractivity contribution is 7.20. The summed E-state index contributed by atoms with van der Waals surface area (Å²) in [5, 5.41) is 17.0. The Bertz CT molecular complexity index is 605. The summed E-state index contributed by atoms with van der Waals surface area (Å²) >= 11 is 3.21. The van der Waals surface area contributed by atoms with Crippen LogP contribution < -0.4 is 5.32 Å². The first-order valence-corrected chi connectivity index (χ1v) is 9.16. The number of rotatable bonds is 7. The number of carbonyl (C=O) groups excluding carboxylic acids is 1. The third-order valence-corrected chi connectivity index (χ3v) is 5.63. The summed E-state index contributed by atoms with van der Waals surface area (Å²) in [6, 6.07) is 4.04. The Hall–Kier alpha value is -1.24. The monoisotopic (exact) mass is 338 g/mol. The molecular weight excluding hydrogens is 316 g/mol. The van der Waals surface area contributed by atoms with E-state index in [2.05, 4.69) is 10.3 Å². The smallest absolute Gasteiger partial charge is 0.231 e. The van der Waals surface area contributed by atoms with Crippen LogP contribution in [0.25, 0.3) is 9.88 Å². The number of nitrogens with one attached hydrogen (secondary N) is 1. The number of carbonyl (C=O) groups is 1. The number of amides is 1. The van der Waals surface area contributed by atoms with Gasteiger partial charge >= 0.3 is 0 Å². The molecule has 2 aromatic heterocycles. The number of aliphatic hydroxyl groups excluding tert-OH is 1. The van der Waals surface area contributed by atoms with Gasteiger partial charge in [-0.2, -0.15) is 0 Å². The summed E-state index contributed by atoms with van der Waals surface area (Å²) in [5.74, 6) is -0.0455. The van der Waals surface area contributed by atoms with Crippen molar-refractivity contribution >= 4 is 28.6 Å². The Morgan fingerprint density at radius 1 is 1.45 bits per heavy atom. The molecule has 2 aromatic rings. The van der Waals surface area contributed by atoms with E-state index in [1.807, 2.05) is 43.7 Å². The molecule has 2 heterocycles. The first kappa shape index (κ1) is 17.1. The van der Waals surface area contributed by atoms with Gasteiger partial charge in [0.05, 0.1) is 16.0 Å². The summed E-state index contributed by atoms with van der Waals surface area (Å²) < 4.78 is 0. The minimum absolute atomic E-state index is 0.00665. The molecule has 0 radical (unpaired) electrons. The van der Waals surface area contributed by atoms with Crippen LogP contribution in [0.15, 0.2) is 22.9 Å². The van der Waals surface area contributed by atoms with Crippen LogP contribution in [0.1, 0.15) is 39.3 Å². The van der Waals surface area contributed by atoms with Crippen LogP contribution in [0.3, 0.4) is 0 Å². The molecule has 0 saturated heterocycles. The fraction of sp³-hybridized carbons (Fsp3) is 0.500. The predicted octanol–water partition coefficient (Wildman–Crippen LogP) is 3.43. The Morgan fingerprint density at radius 3 is 2.82 bits per heavy atom. The highest BCUT2D eigenvalue weighted by Crippen LogP contribution is 2.32. The Morgan fingerprint density at radius 2 is 2.23 bits per heavy atom. The highest BCUT2D eigenvalue weighted by Gasteiger charge is 2.33. The van der Waals surface area contributed by atoms with Crippen LogP contribution in [-0.4, -0.2) is 28.6 Å². The van der Waals surface area contributed by atoms with Gasteiger partial charge in [-0.05, 0) is 38.1 Å². The van der Waals surface area contributed by atoms with E-state index < -0.39 is 5.41 Å². The lowest BCUT2D eigenvalue weighted by Crippen LogP contribution is -2.45. The molecule has 1 amide bonds. The van der Waals surface area contributed by atoms with Crippen molar-refractivity contribution in [2.75, 3.05) is 6.61 Å². The number of aliphatic hydroxyl groups is 1. The van der Waals surface area contributed by atoms with Crippen molar-refractivity contribution in [2.24, 2.45) is 0 Å². The van der Waals surface area contributed by atoms with E-state index in [0.29, 0.717) is 6.42 Å². The summed E-state index contributed by atoms with van der Waals surface area (Å²) in [4.78, 5) is 18.3. The molecule has 0 aliphatic rings. The molecule has 0 spiro atoms. The van der Waals surface area contributed by atoms with Crippen molar-refractivity contribution < 1.29 is 9.90 Å². The molecule has 0 bridgehead atoms. The number of hydrogen-bond acceptors (Lipinski definition) is 5. The van der Waals surface area contributed by atoms with Gasteiger partial charge in [-0.25, -0.2) is 4.98 Å². The van der Waals surface area contributed by atoms with E-state index in [0.717, 1.165) is 22.0 Å². The number of nitrogens with zero attached hydrogens (tertiary/aromatic N) is 1. The molecule has 0 aliphatic heterocycles. The molecule has 0 aromatic carbocycles. The van der Waals surface area contributed by atoms with Crippen LogP contribution in [-0.2, 0) is 10.2 Å². The van der Waals surface area contributed by atoms with E-state index in [-0.39, 0.29) is 18.6 Å². The third kappa shape index (κ3) is 3.74. The van der Waals surface area contributed by atoms with Crippen molar-refractivity contribution in [2.45, 2.75) is 45.1 Å². The molecule has 22 heavy (non-hydrogen) atoms. The molecule has 0 fully saturated rings. The van der Waals surface area contributed by atoms with Gasteiger partial charge in [0.1, 0.15) is 5.01 Å². The second kappa shape index (κ2) is 7.35. The molecule has 0 aliphatic carbocycles. The Kier molecular flexibility index (Phi) is 5.72. The zero-order valence-corrected chi connectivity index (χ0v) is 14.8. The molecule has 120 valence electrons. The SMILES string of the molecule is CC[C@H](CCO)NC(=O)C(C)(C)c1csc(-c2cccs2)n1. The number of hydrogen-bond donors (Lipinski definition) is 2. The van der Waals surface area contributed by atoms with Crippen molar-refractivity contribution in [1.29, 1.82) is 0 Å². The van der Waals surface area contributed by atoms with E-state index in [4.69, 9.17) is 5.11 Å². The zero-order chi connectivity index (χ0) is 16.2. The normalized spacial score (nSPS) is 13.1. The topological polar surface area (TPSA) is 62.2 Å². The van der Waals surface area contributed by atoms with E-state index >= 15 is 0 Å². The van der Waals surface area contributed by atoms with Gasteiger partial charge in [0, 0.05) is 18.0 Å². The van der Waals surface area contributed by atoms with E-state index in [9.17, 15) is 4.79 Å². The van der Waals surface area contributed by atoms with Gasteiger partial charge in [0.25, 0.3) is 0 Å². The first-order valence-electron chi connectivity index (χ1n) is 7.40. The maximum Gasteiger partial charge on any atom is 0.231 e. The fourth-order valence-electron chi connectivity index (χ4n) is 2.09. The number of aromatic nitrogens is 1. The van der Waals surface area contributed by atoms with Gasteiger partial charge in [-0.1, -0.05) is 13.0 Å². The maximum atomic E-state index is 12.6. The maximum absolute atomic E-state index is 12.6. The van der Waals surface area contributed by atoms with E-state index in [1.165, 1.54) is 0 Å². The molecule has 0 unspecified atom stereocenters. The summed E-state index contributed by atoms with van der Waals surface area (Å²) in [7, 11) is 0. The van der Waals surface area contributed by atoms with Crippen molar-refractivity contribution in [1.82, 2.24) is 10.3 Å². The minimum Gasteiger partial charge on any atom is -0.396 e. The zero-order valence-electron chi connectivity index (χ0n) is 13.1. The minimum atomic E-state index is -0.686. The van der Waals surface area contributed by atoms with E-state index in [1.54, 1.807) is 22.7 Å². The predicted molar refractivity (Wildman–Crippen MR) is 92.4 cm³/mol. The number of thiazole rings is 1. The lowest BCUT2D eigenvalue weighted by molar-refractivity contribution is -0.126. The second-order valence-corrected chi connectivity index (χ2v) is 7.54. The van der Waals surface area contributed by atoms with Crippen LogP contribution in [0.2, 0.25) is 0 Å². The molecule has 0 saturated carbocycles. The summed E-state index contributed by atoms with van der Waals surface area (Å²) in [5.41, 5.74) is 0.103. The Labute approximate surface area is 139 Å². The lowest BCUT2D eigenvalue weighted by atomic mass is 9.88. The Balaban J connectivity index is 2.13. The molecular formula is C16H22N2O2S2. The fourth-order valence-corrected chi connectivity index (χ4v) is 3.89. The molecule has 2 rings (SSSR count). The molecule has 2 N–H and O–H groups in total. The van der Waals surface area contributed by atoms with Crippen molar-refractivity contribution in [3.63, 3.8) is 0 Å². The average Bonchev–Trinajstić information content (AvgIpc) is 3.16. The third-order valence-electron chi connectivity index (χ3n) is 3.75. The van der Waals surface area contributed by atoms with Crippen LogP contribution >= 0.6 is 22.7 Å². The van der Waals surface area contributed by atoms with Crippen LogP contribution in [0, 0.1) is 0 Å². The van der Waals surface area contributed by atoms with Gasteiger partial charge in [-0.15, -0.1) is 22.7 Å². The van der Waals surface area contributed by atoms with Crippen LogP contribution in [0.5, 0.6) is 0 Å². The van der Waals surface area contributed by atoms with Gasteiger partial charge in [0.2, 0.25) is 5.91 Å². The van der Waals surface area contributed by atoms with Gasteiger partial charge in [-0.3, -0.25) is 4.79 Å². The van der Waals surface area contributed by atoms with Crippen molar-refractivity contribution in [3.8, 4) is 9.88 Å². The van der Waals surface area contributed by atoms with Gasteiger partial charge in [0.15, 0.2) is 0 Å². The second-order valence-electron chi connectivity index (χ2n) is 5.73. The molecule has 4 nitrogen and oxygen atoms in total. The number of thiophene rings is 1. The quantitative estimate of drug-likeness (QED) is 0.813. The highest BCUT2D eigenvalue weighted by atomic mass is 32.1. The average molecular weight is 338 g/mol. The standard InChI is InChI=1S/C16H22N2O2S2/c1-4-11(7-8-19)17-15(20)16(2,3)13-10-22-14(18-13)12-6-5-9-21-12/h5-6,9-11,19H,4,7-8H2,1-3H3,(H,17,20)/t11-/m1/s1. The molecule has 6 heteroatoms. The molecule has 1 atom stereocenters. The first-order chi connectivity index (χ1) is 10.5. The van der Waals surface area contributed by atoms with Crippen molar-refractivity contribution in [3.05, 3.63) is 28.6 Å². The largest absolute Gasteiger partial charge is 0.396 e.